The van der Waals surface area contributed by atoms with E-state index in [2.05, 4.69) is 5.32 Å². The minimum absolute atomic E-state index is 0.217. The summed E-state index contributed by atoms with van der Waals surface area (Å²) < 4.78 is 23.9. The summed E-state index contributed by atoms with van der Waals surface area (Å²) in [6, 6.07) is 9.71. The van der Waals surface area contributed by atoms with Crippen LogP contribution in [0.2, 0.25) is 0 Å². The smallest absolute Gasteiger partial charge is 0.252 e. The molecule has 0 aliphatic rings. The first-order valence-corrected chi connectivity index (χ1v) is 6.64. The summed E-state index contributed by atoms with van der Waals surface area (Å²) in [5.74, 6) is -0.597. The summed E-state index contributed by atoms with van der Waals surface area (Å²) in [7, 11) is 3.13. The Labute approximate surface area is 122 Å². The van der Waals surface area contributed by atoms with Crippen LogP contribution in [0.1, 0.15) is 10.4 Å². The fourth-order valence-corrected chi connectivity index (χ4v) is 2.16. The molecular formula is C16H18FNO3. The van der Waals surface area contributed by atoms with E-state index in [4.69, 9.17) is 9.47 Å². The topological polar surface area (TPSA) is 47.6 Å². The van der Waals surface area contributed by atoms with Gasteiger partial charge in [0.2, 0.25) is 0 Å². The molecule has 0 spiro atoms. The van der Waals surface area contributed by atoms with Crippen molar-refractivity contribution in [3.05, 3.63) is 47.8 Å². The Hall–Kier alpha value is -1.98. The van der Waals surface area contributed by atoms with Gasteiger partial charge in [-0.05, 0) is 17.5 Å². The lowest BCUT2D eigenvalue weighted by Crippen LogP contribution is -2.35. The maximum absolute atomic E-state index is 13.7. The van der Waals surface area contributed by atoms with Gasteiger partial charge in [-0.25, -0.2) is 4.39 Å². The van der Waals surface area contributed by atoms with Crippen molar-refractivity contribution in [1.82, 2.24) is 5.32 Å². The van der Waals surface area contributed by atoms with Crippen LogP contribution in [-0.4, -0.2) is 39.4 Å². The first-order chi connectivity index (χ1) is 10.2. The zero-order valence-corrected chi connectivity index (χ0v) is 12.1. The molecule has 2 aromatic rings. The van der Waals surface area contributed by atoms with Gasteiger partial charge >= 0.3 is 0 Å². The quantitative estimate of drug-likeness (QED) is 0.889. The summed E-state index contributed by atoms with van der Waals surface area (Å²) in [4.78, 5) is 12.3. The summed E-state index contributed by atoms with van der Waals surface area (Å²) in [5.41, 5.74) is 0.444. The zero-order chi connectivity index (χ0) is 15.2. The zero-order valence-electron chi connectivity index (χ0n) is 12.1. The molecule has 1 N–H and O–H groups in total. The Morgan fingerprint density at radius 1 is 1.19 bits per heavy atom. The van der Waals surface area contributed by atoms with Gasteiger partial charge in [-0.1, -0.05) is 24.3 Å². The van der Waals surface area contributed by atoms with E-state index in [1.165, 1.54) is 12.1 Å². The second-order valence-electron chi connectivity index (χ2n) is 4.66. The fourth-order valence-electron chi connectivity index (χ4n) is 2.16. The normalized spacial score (nSPS) is 12.3. The van der Waals surface area contributed by atoms with Crippen LogP contribution in [0.15, 0.2) is 36.4 Å². The molecule has 0 heterocycles. The fraction of sp³-hybridized carbons (Fsp3) is 0.312. The van der Waals surface area contributed by atoms with Crippen molar-refractivity contribution >= 4 is 16.7 Å². The minimum atomic E-state index is -0.337. The van der Waals surface area contributed by atoms with Crippen LogP contribution in [0.5, 0.6) is 0 Å². The highest BCUT2D eigenvalue weighted by atomic mass is 19.1. The number of carbonyl (C=O) groups excluding carboxylic acids is 1. The van der Waals surface area contributed by atoms with Crippen molar-refractivity contribution in [2.45, 2.75) is 6.10 Å². The number of methoxy groups -OCH3 is 2. The van der Waals surface area contributed by atoms with Crippen molar-refractivity contribution < 1.29 is 18.7 Å². The molecule has 21 heavy (non-hydrogen) atoms. The number of hydrogen-bond acceptors (Lipinski definition) is 3. The van der Waals surface area contributed by atoms with Crippen LogP contribution in [0.25, 0.3) is 10.8 Å². The standard InChI is InChI=1S/C16H18FNO3/c1-20-10-11(21-2)9-18-16(19)14-7-8-15(17)13-6-4-3-5-12(13)14/h3-8,11H,9-10H2,1-2H3,(H,18,19). The Morgan fingerprint density at radius 2 is 1.90 bits per heavy atom. The predicted octanol–water partition coefficient (Wildman–Crippen LogP) is 2.37. The Morgan fingerprint density at radius 3 is 2.57 bits per heavy atom. The van der Waals surface area contributed by atoms with E-state index in [1.54, 1.807) is 38.5 Å². The molecular weight excluding hydrogens is 273 g/mol. The van der Waals surface area contributed by atoms with Gasteiger partial charge in [0.15, 0.2) is 0 Å². The van der Waals surface area contributed by atoms with Crippen LogP contribution in [0.4, 0.5) is 4.39 Å². The summed E-state index contributed by atoms with van der Waals surface area (Å²) >= 11 is 0. The molecule has 0 aromatic heterocycles. The van der Waals surface area contributed by atoms with Crippen molar-refractivity contribution in [2.24, 2.45) is 0 Å². The highest BCUT2D eigenvalue weighted by molar-refractivity contribution is 6.07. The van der Waals surface area contributed by atoms with E-state index < -0.39 is 0 Å². The van der Waals surface area contributed by atoms with Crippen molar-refractivity contribution in [3.63, 3.8) is 0 Å². The Bertz CT molecular complexity index is 630. The average Bonchev–Trinajstić information content (AvgIpc) is 2.51. The summed E-state index contributed by atoms with van der Waals surface area (Å²) in [6.07, 6.45) is -0.217. The number of benzene rings is 2. The van der Waals surface area contributed by atoms with Crippen LogP contribution >= 0.6 is 0 Å². The number of halogens is 1. The third-order valence-electron chi connectivity index (χ3n) is 3.29. The SMILES string of the molecule is COCC(CNC(=O)c1ccc(F)c2ccccc12)OC. The van der Waals surface area contributed by atoms with Crippen LogP contribution in [-0.2, 0) is 9.47 Å². The number of hydrogen-bond donors (Lipinski definition) is 1. The Kier molecular flexibility index (Phi) is 5.25. The highest BCUT2D eigenvalue weighted by Gasteiger charge is 2.14. The number of ether oxygens (including phenoxy) is 2. The van der Waals surface area contributed by atoms with E-state index in [-0.39, 0.29) is 17.8 Å². The van der Waals surface area contributed by atoms with E-state index in [0.717, 1.165) is 0 Å². The lowest BCUT2D eigenvalue weighted by molar-refractivity contribution is 0.0285. The molecule has 0 aliphatic heterocycles. The van der Waals surface area contributed by atoms with Gasteiger partial charge in [0, 0.05) is 31.7 Å². The molecule has 0 bridgehead atoms. The van der Waals surface area contributed by atoms with Crippen molar-refractivity contribution in [2.75, 3.05) is 27.4 Å². The predicted molar refractivity (Wildman–Crippen MR) is 78.9 cm³/mol. The van der Waals surface area contributed by atoms with Gasteiger partial charge in [-0.3, -0.25) is 4.79 Å². The molecule has 0 fully saturated rings. The third-order valence-corrected chi connectivity index (χ3v) is 3.29. The Balaban J connectivity index is 2.18. The molecule has 0 saturated carbocycles. The van der Waals surface area contributed by atoms with Crippen molar-refractivity contribution in [3.8, 4) is 0 Å². The molecule has 5 heteroatoms. The maximum Gasteiger partial charge on any atom is 0.252 e. The van der Waals surface area contributed by atoms with Gasteiger partial charge in [0.05, 0.1) is 12.7 Å². The average molecular weight is 291 g/mol. The first kappa shape index (κ1) is 15.4. The highest BCUT2D eigenvalue weighted by Crippen LogP contribution is 2.21. The van der Waals surface area contributed by atoms with Crippen molar-refractivity contribution in [1.29, 1.82) is 0 Å². The number of carbonyl (C=O) groups is 1. The maximum atomic E-state index is 13.7. The molecule has 4 nitrogen and oxygen atoms in total. The van der Waals surface area contributed by atoms with Gasteiger partial charge in [-0.2, -0.15) is 0 Å². The van der Waals surface area contributed by atoms with Gasteiger partial charge in [0.25, 0.3) is 5.91 Å². The molecule has 2 rings (SSSR count). The minimum Gasteiger partial charge on any atom is -0.382 e. The monoisotopic (exact) mass is 291 g/mol. The number of rotatable bonds is 6. The molecule has 0 saturated heterocycles. The number of fused-ring (bicyclic) bond motifs is 1. The first-order valence-electron chi connectivity index (χ1n) is 6.64. The largest absolute Gasteiger partial charge is 0.382 e. The third kappa shape index (κ3) is 3.56. The van der Waals surface area contributed by atoms with Crippen LogP contribution in [0.3, 0.4) is 0 Å². The molecule has 1 unspecified atom stereocenters. The van der Waals surface area contributed by atoms with E-state index in [1.807, 2.05) is 0 Å². The van der Waals surface area contributed by atoms with Gasteiger partial charge < -0.3 is 14.8 Å². The second-order valence-corrected chi connectivity index (χ2v) is 4.66. The number of amides is 1. The van der Waals surface area contributed by atoms with E-state index in [9.17, 15) is 9.18 Å². The molecule has 0 radical (unpaired) electrons. The number of nitrogens with one attached hydrogen (secondary N) is 1. The van der Waals surface area contributed by atoms with Crippen LogP contribution < -0.4 is 5.32 Å². The lowest BCUT2D eigenvalue weighted by atomic mass is 10.0. The molecule has 0 aliphatic carbocycles. The molecule has 1 atom stereocenters. The summed E-state index contributed by atoms with van der Waals surface area (Å²) in [6.45, 7) is 0.718. The molecule has 2 aromatic carbocycles. The lowest BCUT2D eigenvalue weighted by Gasteiger charge is -2.15. The second kappa shape index (κ2) is 7.15. The van der Waals surface area contributed by atoms with Gasteiger partial charge in [-0.15, -0.1) is 0 Å². The summed E-state index contributed by atoms with van der Waals surface area (Å²) in [5, 5.41) is 3.81. The van der Waals surface area contributed by atoms with Gasteiger partial charge in [0.1, 0.15) is 5.82 Å². The van der Waals surface area contributed by atoms with Crippen LogP contribution in [0, 0.1) is 5.82 Å². The molecule has 1 amide bonds. The molecule has 112 valence electrons. The van der Waals surface area contributed by atoms with E-state index >= 15 is 0 Å². The van der Waals surface area contributed by atoms with E-state index in [0.29, 0.717) is 29.5 Å².